The third-order valence-electron chi connectivity index (χ3n) is 2.78. The van der Waals surface area contributed by atoms with Gasteiger partial charge < -0.3 is 10.1 Å². The van der Waals surface area contributed by atoms with Crippen molar-refractivity contribution >= 4 is 0 Å². The van der Waals surface area contributed by atoms with Crippen molar-refractivity contribution in [3.05, 3.63) is 29.3 Å². The van der Waals surface area contributed by atoms with Gasteiger partial charge >= 0.3 is 0 Å². The Bertz CT molecular complexity index is 309. The molecule has 0 fully saturated rings. The molecule has 1 N–H and O–H groups in total. The fourth-order valence-corrected chi connectivity index (χ4v) is 1.91. The van der Waals surface area contributed by atoms with Crippen molar-refractivity contribution in [1.29, 1.82) is 0 Å². The van der Waals surface area contributed by atoms with Gasteiger partial charge in [-0.2, -0.15) is 0 Å². The molecule has 0 radical (unpaired) electrons. The molecular formula is C13H21NO. The molecule has 2 nitrogen and oxygen atoms in total. The molecule has 0 aliphatic rings. The number of hydrogen-bond donors (Lipinski definition) is 1. The Balaban J connectivity index is 2.92. The van der Waals surface area contributed by atoms with Gasteiger partial charge in [0.1, 0.15) is 5.75 Å². The molecule has 1 rings (SSSR count). The minimum atomic E-state index is 0.459. The monoisotopic (exact) mass is 207 g/mol. The van der Waals surface area contributed by atoms with Crippen molar-refractivity contribution in [2.45, 2.75) is 32.7 Å². The summed E-state index contributed by atoms with van der Waals surface area (Å²) >= 11 is 0. The molecule has 1 aromatic carbocycles. The van der Waals surface area contributed by atoms with E-state index in [0.29, 0.717) is 6.04 Å². The van der Waals surface area contributed by atoms with Crippen LogP contribution in [0.25, 0.3) is 0 Å². The molecule has 2 heteroatoms. The summed E-state index contributed by atoms with van der Waals surface area (Å²) in [6, 6.07) is 6.74. The summed E-state index contributed by atoms with van der Waals surface area (Å²) in [5, 5.41) is 3.36. The number of hydrogen-bond acceptors (Lipinski definition) is 2. The van der Waals surface area contributed by atoms with Gasteiger partial charge in [0.25, 0.3) is 0 Å². The molecule has 0 spiro atoms. The van der Waals surface area contributed by atoms with E-state index in [-0.39, 0.29) is 0 Å². The average Bonchev–Trinajstić information content (AvgIpc) is 2.26. The molecule has 1 unspecified atom stereocenters. The standard InChI is InChI=1S/C13H21NO/c1-5-6-13(14-3)12-8-7-11(15-4)9-10(12)2/h7-9,13-14H,5-6H2,1-4H3. The van der Waals surface area contributed by atoms with E-state index < -0.39 is 0 Å². The topological polar surface area (TPSA) is 21.3 Å². The van der Waals surface area contributed by atoms with Gasteiger partial charge in [0.05, 0.1) is 7.11 Å². The molecule has 0 saturated carbocycles. The molecule has 0 amide bonds. The number of benzene rings is 1. The minimum Gasteiger partial charge on any atom is -0.497 e. The third kappa shape index (κ3) is 2.96. The third-order valence-corrected chi connectivity index (χ3v) is 2.78. The Labute approximate surface area is 92.6 Å². The normalized spacial score (nSPS) is 12.5. The van der Waals surface area contributed by atoms with Crippen molar-refractivity contribution < 1.29 is 4.74 Å². The van der Waals surface area contributed by atoms with Gasteiger partial charge in [-0.05, 0) is 43.7 Å². The first-order chi connectivity index (χ1) is 7.22. The van der Waals surface area contributed by atoms with E-state index in [1.165, 1.54) is 24.0 Å². The maximum atomic E-state index is 5.20. The first-order valence-electron chi connectivity index (χ1n) is 5.54. The average molecular weight is 207 g/mol. The fourth-order valence-electron chi connectivity index (χ4n) is 1.91. The smallest absolute Gasteiger partial charge is 0.119 e. The van der Waals surface area contributed by atoms with Crippen LogP contribution in [-0.4, -0.2) is 14.2 Å². The highest BCUT2D eigenvalue weighted by atomic mass is 16.5. The van der Waals surface area contributed by atoms with Crippen LogP contribution in [0.5, 0.6) is 5.75 Å². The Hall–Kier alpha value is -1.02. The summed E-state index contributed by atoms with van der Waals surface area (Å²) in [6.45, 7) is 4.35. The second-order valence-corrected chi connectivity index (χ2v) is 3.85. The lowest BCUT2D eigenvalue weighted by Gasteiger charge is -2.18. The van der Waals surface area contributed by atoms with Gasteiger partial charge in [-0.15, -0.1) is 0 Å². The Morgan fingerprint density at radius 2 is 2.13 bits per heavy atom. The number of aryl methyl sites for hydroxylation is 1. The Morgan fingerprint density at radius 1 is 1.40 bits per heavy atom. The van der Waals surface area contributed by atoms with Gasteiger partial charge in [-0.3, -0.25) is 0 Å². The maximum absolute atomic E-state index is 5.20. The lowest BCUT2D eigenvalue weighted by Crippen LogP contribution is -2.17. The lowest BCUT2D eigenvalue weighted by atomic mass is 9.98. The quantitative estimate of drug-likeness (QED) is 0.801. The van der Waals surface area contributed by atoms with E-state index in [1.54, 1.807) is 7.11 Å². The van der Waals surface area contributed by atoms with Gasteiger partial charge in [0, 0.05) is 6.04 Å². The van der Waals surface area contributed by atoms with Crippen LogP contribution in [0.15, 0.2) is 18.2 Å². The molecule has 0 heterocycles. The van der Waals surface area contributed by atoms with Crippen molar-refractivity contribution in [1.82, 2.24) is 5.32 Å². The summed E-state index contributed by atoms with van der Waals surface area (Å²) in [4.78, 5) is 0. The van der Waals surface area contributed by atoms with E-state index in [1.807, 2.05) is 13.1 Å². The zero-order chi connectivity index (χ0) is 11.3. The van der Waals surface area contributed by atoms with Crippen LogP contribution in [0.3, 0.4) is 0 Å². The van der Waals surface area contributed by atoms with Crippen LogP contribution >= 0.6 is 0 Å². The molecule has 0 bridgehead atoms. The van der Waals surface area contributed by atoms with Crippen molar-refractivity contribution in [3.8, 4) is 5.75 Å². The zero-order valence-corrected chi connectivity index (χ0v) is 10.1. The molecular weight excluding hydrogens is 186 g/mol. The van der Waals surface area contributed by atoms with Crippen molar-refractivity contribution in [2.75, 3.05) is 14.2 Å². The maximum Gasteiger partial charge on any atom is 0.119 e. The second-order valence-electron chi connectivity index (χ2n) is 3.85. The highest BCUT2D eigenvalue weighted by Crippen LogP contribution is 2.25. The number of rotatable bonds is 5. The summed E-state index contributed by atoms with van der Waals surface area (Å²) in [6.07, 6.45) is 2.36. The van der Waals surface area contributed by atoms with Crippen LogP contribution < -0.4 is 10.1 Å². The van der Waals surface area contributed by atoms with Crippen molar-refractivity contribution in [3.63, 3.8) is 0 Å². The predicted molar refractivity (Wildman–Crippen MR) is 64.4 cm³/mol. The molecule has 0 aliphatic carbocycles. The van der Waals surface area contributed by atoms with Crippen LogP contribution in [0.2, 0.25) is 0 Å². The number of nitrogens with one attached hydrogen (secondary N) is 1. The Morgan fingerprint density at radius 3 is 2.60 bits per heavy atom. The minimum absolute atomic E-state index is 0.459. The fraction of sp³-hybridized carbons (Fsp3) is 0.538. The summed E-state index contributed by atoms with van der Waals surface area (Å²) in [5.74, 6) is 0.933. The molecule has 15 heavy (non-hydrogen) atoms. The molecule has 0 aromatic heterocycles. The van der Waals surface area contributed by atoms with E-state index in [9.17, 15) is 0 Å². The zero-order valence-electron chi connectivity index (χ0n) is 10.1. The molecule has 0 saturated heterocycles. The van der Waals surface area contributed by atoms with E-state index in [4.69, 9.17) is 4.74 Å². The van der Waals surface area contributed by atoms with Gasteiger partial charge in [-0.1, -0.05) is 19.4 Å². The lowest BCUT2D eigenvalue weighted by molar-refractivity contribution is 0.413. The number of methoxy groups -OCH3 is 1. The molecule has 1 atom stereocenters. The van der Waals surface area contributed by atoms with Crippen LogP contribution in [0.4, 0.5) is 0 Å². The summed E-state index contributed by atoms with van der Waals surface area (Å²) in [7, 11) is 3.72. The highest BCUT2D eigenvalue weighted by molar-refractivity contribution is 5.36. The van der Waals surface area contributed by atoms with E-state index in [2.05, 4.69) is 31.3 Å². The SMILES string of the molecule is CCCC(NC)c1ccc(OC)cc1C. The second kappa shape index (κ2) is 5.76. The van der Waals surface area contributed by atoms with Gasteiger partial charge in [0.2, 0.25) is 0 Å². The highest BCUT2D eigenvalue weighted by Gasteiger charge is 2.10. The van der Waals surface area contributed by atoms with E-state index >= 15 is 0 Å². The predicted octanol–water partition coefficient (Wildman–Crippen LogP) is 3.06. The summed E-state index contributed by atoms with van der Waals surface area (Å²) < 4.78 is 5.20. The first-order valence-corrected chi connectivity index (χ1v) is 5.54. The van der Waals surface area contributed by atoms with Crippen LogP contribution in [0.1, 0.15) is 36.9 Å². The van der Waals surface area contributed by atoms with Gasteiger partial charge in [-0.25, -0.2) is 0 Å². The number of ether oxygens (including phenoxy) is 1. The first kappa shape index (κ1) is 12.1. The molecule has 0 aliphatic heterocycles. The van der Waals surface area contributed by atoms with Crippen LogP contribution in [0, 0.1) is 6.92 Å². The summed E-state index contributed by atoms with van der Waals surface area (Å²) in [5.41, 5.74) is 2.67. The van der Waals surface area contributed by atoms with E-state index in [0.717, 1.165) is 5.75 Å². The Kier molecular flexibility index (Phi) is 4.63. The van der Waals surface area contributed by atoms with Crippen molar-refractivity contribution in [2.24, 2.45) is 0 Å². The molecule has 84 valence electrons. The van der Waals surface area contributed by atoms with Crippen LogP contribution in [-0.2, 0) is 0 Å². The van der Waals surface area contributed by atoms with Gasteiger partial charge in [0.15, 0.2) is 0 Å². The molecule has 1 aromatic rings. The largest absolute Gasteiger partial charge is 0.497 e.